The Kier molecular flexibility index (Phi) is 2.52. The van der Waals surface area contributed by atoms with Gasteiger partial charge < -0.3 is 4.74 Å². The van der Waals surface area contributed by atoms with E-state index in [2.05, 4.69) is 0 Å². The summed E-state index contributed by atoms with van der Waals surface area (Å²) >= 11 is 0. The van der Waals surface area contributed by atoms with Crippen molar-refractivity contribution in [3.63, 3.8) is 0 Å². The summed E-state index contributed by atoms with van der Waals surface area (Å²) in [5.74, 6) is -0.104. The van der Waals surface area contributed by atoms with Gasteiger partial charge in [0, 0.05) is 35.1 Å². The molecule has 1 heterocycles. The lowest BCUT2D eigenvalue weighted by Crippen LogP contribution is -2.34. The molecule has 4 rings (SSSR count). The summed E-state index contributed by atoms with van der Waals surface area (Å²) in [5.41, 5.74) is 1.47. The van der Waals surface area contributed by atoms with Crippen LogP contribution in [-0.4, -0.2) is 23.1 Å². The average Bonchev–Trinajstić information content (AvgIpc) is 2.92. The third-order valence-electron chi connectivity index (χ3n) is 5.40. The molecule has 3 atom stereocenters. The fourth-order valence-corrected chi connectivity index (χ4v) is 4.43. The number of ether oxygens (including phenoxy) is 1. The Morgan fingerprint density at radius 1 is 1.36 bits per heavy atom. The Morgan fingerprint density at radius 2 is 2.14 bits per heavy atom. The smallest absolute Gasteiger partial charge is 0.313 e. The fourth-order valence-electron chi connectivity index (χ4n) is 4.43. The average molecular weight is 299 g/mol. The van der Waals surface area contributed by atoms with Crippen molar-refractivity contribution in [1.29, 1.82) is 0 Å². The van der Waals surface area contributed by atoms with Gasteiger partial charge in [-0.2, -0.15) is 0 Å². The first-order chi connectivity index (χ1) is 10.3. The Bertz CT molecular complexity index is 679. The quantitative estimate of drug-likeness (QED) is 0.699. The largest absolute Gasteiger partial charge is 0.460 e. The molecule has 22 heavy (non-hydrogen) atoms. The third kappa shape index (κ3) is 1.73. The molecule has 0 amide bonds. The van der Waals surface area contributed by atoms with Gasteiger partial charge in [-0.3, -0.25) is 14.6 Å². The molecule has 3 unspecified atom stereocenters. The summed E-state index contributed by atoms with van der Waals surface area (Å²) in [5, 5.41) is 0. The van der Waals surface area contributed by atoms with E-state index in [1.165, 1.54) is 0 Å². The highest BCUT2D eigenvalue weighted by atomic mass is 16.6. The zero-order valence-corrected chi connectivity index (χ0v) is 13.3. The molecular weight excluding hydrogens is 278 g/mol. The summed E-state index contributed by atoms with van der Waals surface area (Å²) in [7, 11) is 0. The minimum Gasteiger partial charge on any atom is -0.460 e. The molecule has 0 aromatic carbocycles. The summed E-state index contributed by atoms with van der Waals surface area (Å²) in [6, 6.07) is 0. The number of nitrogens with zero attached hydrogens (tertiary/aromatic N) is 1. The molecule has 0 radical (unpaired) electrons. The highest BCUT2D eigenvalue weighted by molar-refractivity contribution is 6.09. The van der Waals surface area contributed by atoms with Crippen LogP contribution in [0.3, 0.4) is 0 Å². The molecule has 0 saturated heterocycles. The van der Waals surface area contributed by atoms with Crippen molar-refractivity contribution in [3.8, 4) is 0 Å². The number of Topliss-reactive ketones (excluding diaryl/α,β-unsaturated/α-hetero) is 1. The molecule has 0 bridgehead atoms. The van der Waals surface area contributed by atoms with Gasteiger partial charge in [0.15, 0.2) is 0 Å². The lowest BCUT2D eigenvalue weighted by molar-refractivity contribution is -0.158. The van der Waals surface area contributed by atoms with Crippen molar-refractivity contribution in [1.82, 2.24) is 0 Å². The third-order valence-corrected chi connectivity index (χ3v) is 5.40. The second-order valence-electron chi connectivity index (χ2n) is 8.05. The van der Waals surface area contributed by atoms with Crippen molar-refractivity contribution in [2.45, 2.75) is 52.1 Å². The van der Waals surface area contributed by atoms with Crippen molar-refractivity contribution in [2.75, 3.05) is 0 Å². The van der Waals surface area contributed by atoms with Crippen LogP contribution in [0.4, 0.5) is 0 Å². The van der Waals surface area contributed by atoms with E-state index in [0.717, 1.165) is 24.3 Å². The van der Waals surface area contributed by atoms with Crippen LogP contribution in [0.5, 0.6) is 0 Å². The van der Waals surface area contributed by atoms with Gasteiger partial charge >= 0.3 is 5.97 Å². The lowest BCUT2D eigenvalue weighted by Gasteiger charge is -2.29. The van der Waals surface area contributed by atoms with Crippen LogP contribution in [0, 0.1) is 16.7 Å². The number of esters is 1. The van der Waals surface area contributed by atoms with E-state index in [1.807, 2.05) is 39.0 Å². The second-order valence-corrected chi connectivity index (χ2v) is 8.05. The number of hydrogen-bond acceptors (Lipinski definition) is 4. The van der Waals surface area contributed by atoms with E-state index in [1.54, 1.807) is 0 Å². The lowest BCUT2D eigenvalue weighted by atomic mass is 9.75. The molecule has 1 fully saturated rings. The summed E-state index contributed by atoms with van der Waals surface area (Å²) in [6.45, 7) is 5.66. The van der Waals surface area contributed by atoms with Gasteiger partial charge in [-0.1, -0.05) is 12.2 Å². The first kappa shape index (κ1) is 13.9. The van der Waals surface area contributed by atoms with Crippen LogP contribution in [0.2, 0.25) is 0 Å². The molecule has 4 aliphatic rings. The summed E-state index contributed by atoms with van der Waals surface area (Å²) < 4.78 is 5.53. The number of carbonyl (C=O) groups excluding carboxylic acids is 2. The number of ketones is 1. The summed E-state index contributed by atoms with van der Waals surface area (Å²) in [4.78, 5) is 29.0. The minimum atomic E-state index is -0.472. The van der Waals surface area contributed by atoms with E-state index in [-0.39, 0.29) is 22.7 Å². The molecule has 1 aliphatic heterocycles. The monoisotopic (exact) mass is 299 g/mol. The van der Waals surface area contributed by atoms with E-state index in [0.29, 0.717) is 18.6 Å². The van der Waals surface area contributed by atoms with Crippen molar-refractivity contribution in [3.05, 3.63) is 23.9 Å². The van der Waals surface area contributed by atoms with Crippen LogP contribution in [0.15, 0.2) is 28.9 Å². The van der Waals surface area contributed by atoms with E-state index in [9.17, 15) is 9.59 Å². The van der Waals surface area contributed by atoms with Crippen LogP contribution in [-0.2, 0) is 14.3 Å². The maximum Gasteiger partial charge on any atom is 0.313 e. The van der Waals surface area contributed by atoms with Crippen molar-refractivity contribution < 1.29 is 14.3 Å². The maximum absolute atomic E-state index is 12.4. The second kappa shape index (κ2) is 3.98. The van der Waals surface area contributed by atoms with Gasteiger partial charge in [0.1, 0.15) is 11.4 Å². The predicted molar refractivity (Wildman–Crippen MR) is 82.3 cm³/mol. The van der Waals surface area contributed by atoms with E-state index in [4.69, 9.17) is 9.73 Å². The number of allylic oxidation sites excluding steroid dienone is 3. The molecule has 2 spiro atoms. The molecule has 0 aromatic heterocycles. The summed E-state index contributed by atoms with van der Waals surface area (Å²) in [6.07, 6.45) is 8.66. The SMILES string of the molecule is CC(C)(C)OC(=O)C1C=CC2=NC3=CCC(=O)CC34CC24C1. The van der Waals surface area contributed by atoms with Crippen LogP contribution < -0.4 is 0 Å². The number of hydrogen-bond donors (Lipinski definition) is 0. The standard InChI is InChI=1S/C18H21NO3/c1-16(2,3)22-15(21)11-4-6-13-17(8-11)10-18(17)9-12(20)5-7-14(18)19-13/h4,6-7,11H,5,8-10H2,1-3H3. The van der Waals surface area contributed by atoms with Gasteiger partial charge in [0.25, 0.3) is 0 Å². The molecular formula is C18H21NO3. The molecule has 116 valence electrons. The topological polar surface area (TPSA) is 55.7 Å². The van der Waals surface area contributed by atoms with Gasteiger partial charge in [0.2, 0.25) is 0 Å². The normalized spacial score (nSPS) is 38.5. The fraction of sp³-hybridized carbons (Fsp3) is 0.611. The van der Waals surface area contributed by atoms with E-state index >= 15 is 0 Å². The molecule has 4 heteroatoms. The Balaban J connectivity index is 1.61. The highest BCUT2D eigenvalue weighted by Gasteiger charge is 2.76. The van der Waals surface area contributed by atoms with Gasteiger partial charge in [0.05, 0.1) is 5.92 Å². The van der Waals surface area contributed by atoms with Crippen LogP contribution in [0.25, 0.3) is 0 Å². The van der Waals surface area contributed by atoms with Gasteiger partial charge in [-0.05, 0) is 39.7 Å². The van der Waals surface area contributed by atoms with E-state index < -0.39 is 5.60 Å². The highest BCUT2D eigenvalue weighted by Crippen LogP contribution is 2.78. The maximum atomic E-state index is 12.4. The number of aliphatic imine (C=N–C) groups is 1. The minimum absolute atomic E-state index is 0.0920. The van der Waals surface area contributed by atoms with Crippen molar-refractivity contribution in [2.24, 2.45) is 21.7 Å². The predicted octanol–water partition coefficient (Wildman–Crippen LogP) is 2.98. The van der Waals surface area contributed by atoms with Gasteiger partial charge in [-0.15, -0.1) is 0 Å². The first-order valence-corrected chi connectivity index (χ1v) is 7.98. The molecule has 0 N–H and O–H groups in total. The molecule has 3 aliphatic carbocycles. The molecule has 1 saturated carbocycles. The Hall–Kier alpha value is -1.71. The number of carbonyl (C=O) groups is 2. The zero-order chi connectivity index (χ0) is 15.8. The Labute approximate surface area is 130 Å². The van der Waals surface area contributed by atoms with Crippen LogP contribution >= 0.6 is 0 Å². The zero-order valence-electron chi connectivity index (χ0n) is 13.3. The first-order valence-electron chi connectivity index (χ1n) is 7.98. The van der Waals surface area contributed by atoms with Gasteiger partial charge in [-0.25, -0.2) is 0 Å². The molecule has 4 nitrogen and oxygen atoms in total. The van der Waals surface area contributed by atoms with Crippen molar-refractivity contribution >= 4 is 17.5 Å². The molecule has 0 aromatic rings. The number of rotatable bonds is 1. The van der Waals surface area contributed by atoms with Crippen LogP contribution in [0.1, 0.15) is 46.5 Å². The Morgan fingerprint density at radius 3 is 2.86 bits per heavy atom.